The molecule has 4 rings (SSSR count). The highest BCUT2D eigenvalue weighted by molar-refractivity contribution is 5.98. The van der Waals surface area contributed by atoms with Crippen LogP contribution in [0.5, 0.6) is 5.75 Å². The second-order valence-electron chi connectivity index (χ2n) is 5.86. The second kappa shape index (κ2) is 6.79. The molecule has 7 heteroatoms. The Morgan fingerprint density at radius 2 is 2.27 bits per heavy atom. The molecule has 2 N–H and O–H groups in total. The first-order chi connectivity index (χ1) is 12.7. The van der Waals surface area contributed by atoms with E-state index in [1.807, 2.05) is 42.6 Å². The molecule has 1 aromatic carbocycles. The minimum absolute atomic E-state index is 0.154. The van der Waals surface area contributed by atoms with Gasteiger partial charge >= 0.3 is 0 Å². The maximum Gasteiger partial charge on any atom is 0.267 e. The van der Waals surface area contributed by atoms with Crippen LogP contribution < -0.4 is 10.1 Å². The number of nitrogens with one attached hydrogen (secondary N) is 2. The lowest BCUT2D eigenvalue weighted by Gasteiger charge is -2.04. The fraction of sp³-hybridized carbons (Fsp3) is 0.158. The van der Waals surface area contributed by atoms with Crippen LogP contribution in [-0.4, -0.2) is 34.3 Å². The molecule has 0 aliphatic carbocycles. The Labute approximate surface area is 149 Å². The van der Waals surface area contributed by atoms with Crippen molar-refractivity contribution in [3.8, 4) is 17.1 Å². The zero-order chi connectivity index (χ0) is 17.9. The summed E-state index contributed by atoms with van der Waals surface area (Å²) in [7, 11) is 1.62. The summed E-state index contributed by atoms with van der Waals surface area (Å²) in [6, 6.07) is 11.2. The third kappa shape index (κ3) is 3.19. The minimum Gasteiger partial charge on any atom is -0.497 e. The number of hydrogen-bond donors (Lipinski definition) is 2. The largest absolute Gasteiger partial charge is 0.497 e. The van der Waals surface area contributed by atoms with Gasteiger partial charge in [0.2, 0.25) is 0 Å². The van der Waals surface area contributed by atoms with E-state index in [4.69, 9.17) is 9.15 Å². The summed E-state index contributed by atoms with van der Waals surface area (Å²) in [6.45, 7) is 1.04. The van der Waals surface area contributed by atoms with E-state index in [0.29, 0.717) is 18.8 Å². The Bertz CT molecular complexity index is 1030. The number of rotatable bonds is 6. The summed E-state index contributed by atoms with van der Waals surface area (Å²) in [4.78, 5) is 15.4. The van der Waals surface area contributed by atoms with Gasteiger partial charge in [-0.25, -0.2) is 0 Å². The van der Waals surface area contributed by atoms with Gasteiger partial charge in [0.1, 0.15) is 17.2 Å². The van der Waals surface area contributed by atoms with Crippen LogP contribution in [0.3, 0.4) is 0 Å². The Kier molecular flexibility index (Phi) is 4.18. The Morgan fingerprint density at radius 1 is 1.35 bits per heavy atom. The Balaban J connectivity index is 1.37. The number of benzene rings is 1. The topological polar surface area (TPSA) is 85.1 Å². The first-order valence-corrected chi connectivity index (χ1v) is 8.24. The van der Waals surface area contributed by atoms with Crippen LogP contribution in [0.2, 0.25) is 0 Å². The number of amides is 1. The van der Waals surface area contributed by atoms with Crippen LogP contribution in [0.1, 0.15) is 10.5 Å². The average Bonchev–Trinajstić information content (AvgIpc) is 3.39. The molecule has 0 unspecified atom stereocenters. The highest BCUT2D eigenvalue weighted by atomic mass is 16.5. The lowest BCUT2D eigenvalue weighted by Crippen LogP contribution is -2.27. The van der Waals surface area contributed by atoms with E-state index in [0.717, 1.165) is 28.0 Å². The van der Waals surface area contributed by atoms with Gasteiger partial charge in [-0.15, -0.1) is 0 Å². The third-order valence-electron chi connectivity index (χ3n) is 4.14. The molecule has 0 saturated carbocycles. The highest BCUT2D eigenvalue weighted by Gasteiger charge is 2.10. The van der Waals surface area contributed by atoms with Crippen molar-refractivity contribution < 1.29 is 13.9 Å². The lowest BCUT2D eigenvalue weighted by atomic mass is 10.2. The van der Waals surface area contributed by atoms with Crippen LogP contribution >= 0.6 is 0 Å². The smallest absolute Gasteiger partial charge is 0.267 e. The molecule has 3 heterocycles. The first kappa shape index (κ1) is 16.0. The number of aromatic nitrogens is 3. The number of aromatic amines is 1. The maximum atomic E-state index is 12.3. The van der Waals surface area contributed by atoms with Crippen molar-refractivity contribution in [2.24, 2.45) is 0 Å². The molecule has 0 radical (unpaired) electrons. The third-order valence-corrected chi connectivity index (χ3v) is 4.14. The van der Waals surface area contributed by atoms with Gasteiger partial charge in [-0.05, 0) is 30.3 Å². The Hall–Kier alpha value is -3.48. The number of fused-ring (bicyclic) bond motifs is 1. The van der Waals surface area contributed by atoms with Crippen molar-refractivity contribution in [1.82, 2.24) is 20.1 Å². The molecule has 7 nitrogen and oxygen atoms in total. The summed E-state index contributed by atoms with van der Waals surface area (Å²) >= 11 is 0. The monoisotopic (exact) mass is 350 g/mol. The molecule has 132 valence electrons. The average molecular weight is 350 g/mol. The van der Waals surface area contributed by atoms with Crippen LogP contribution in [0.4, 0.5) is 0 Å². The number of carbonyl (C=O) groups is 1. The molecule has 0 fully saturated rings. The molecule has 3 aromatic heterocycles. The molecule has 0 saturated heterocycles. The Morgan fingerprint density at radius 3 is 3.08 bits per heavy atom. The summed E-state index contributed by atoms with van der Waals surface area (Å²) in [5.41, 5.74) is 2.29. The van der Waals surface area contributed by atoms with Crippen LogP contribution in [0.25, 0.3) is 22.2 Å². The predicted molar refractivity (Wildman–Crippen MR) is 97.1 cm³/mol. The van der Waals surface area contributed by atoms with E-state index in [1.54, 1.807) is 24.3 Å². The van der Waals surface area contributed by atoms with Gasteiger partial charge in [-0.1, -0.05) is 0 Å². The number of methoxy groups -OCH3 is 1. The molecular weight excluding hydrogens is 332 g/mol. The van der Waals surface area contributed by atoms with Crippen LogP contribution in [-0.2, 0) is 6.54 Å². The van der Waals surface area contributed by atoms with Crippen LogP contribution in [0.15, 0.2) is 59.5 Å². The molecule has 1 amide bonds. The molecule has 0 spiro atoms. The number of furan rings is 1. The summed E-state index contributed by atoms with van der Waals surface area (Å²) in [5, 5.41) is 8.14. The summed E-state index contributed by atoms with van der Waals surface area (Å²) in [6.07, 6.45) is 5.26. The predicted octanol–water partition coefficient (Wildman–Crippen LogP) is 3.06. The quantitative estimate of drug-likeness (QED) is 0.560. The van der Waals surface area contributed by atoms with E-state index in [2.05, 4.69) is 15.4 Å². The van der Waals surface area contributed by atoms with Gasteiger partial charge in [-0.2, -0.15) is 5.10 Å². The number of carbonyl (C=O) groups excluding carboxylic acids is 1. The van der Waals surface area contributed by atoms with Crippen molar-refractivity contribution in [2.75, 3.05) is 13.7 Å². The molecule has 0 bridgehead atoms. The SMILES string of the molecule is COc1ccc2cc(C(=O)NCCn3cc(-c4ccco4)cn3)[nH]c2c1. The maximum absolute atomic E-state index is 12.3. The molecule has 0 aliphatic rings. The second-order valence-corrected chi connectivity index (χ2v) is 5.86. The zero-order valence-corrected chi connectivity index (χ0v) is 14.2. The van der Waals surface area contributed by atoms with Gasteiger partial charge in [0.15, 0.2) is 0 Å². The van der Waals surface area contributed by atoms with Crippen molar-refractivity contribution in [3.05, 3.63) is 60.7 Å². The van der Waals surface area contributed by atoms with Gasteiger partial charge < -0.3 is 19.5 Å². The van der Waals surface area contributed by atoms with Crippen molar-refractivity contribution in [2.45, 2.75) is 6.54 Å². The summed E-state index contributed by atoms with van der Waals surface area (Å²) < 4.78 is 12.3. The van der Waals surface area contributed by atoms with Crippen LogP contribution in [0, 0.1) is 0 Å². The standard InChI is InChI=1S/C19H18N4O3/c1-25-15-5-4-13-9-17(22-16(13)10-15)19(24)20-6-7-23-12-14(11-21-23)18-3-2-8-26-18/h2-5,8-12,22H,6-7H2,1H3,(H,20,24). The normalized spacial score (nSPS) is 11.0. The number of ether oxygens (including phenoxy) is 1. The minimum atomic E-state index is -0.154. The fourth-order valence-corrected chi connectivity index (χ4v) is 2.79. The highest BCUT2D eigenvalue weighted by Crippen LogP contribution is 2.21. The fourth-order valence-electron chi connectivity index (χ4n) is 2.79. The molecule has 26 heavy (non-hydrogen) atoms. The first-order valence-electron chi connectivity index (χ1n) is 8.24. The van der Waals surface area contributed by atoms with E-state index in [9.17, 15) is 4.79 Å². The lowest BCUT2D eigenvalue weighted by molar-refractivity contribution is 0.0948. The van der Waals surface area contributed by atoms with Gasteiger partial charge in [0.25, 0.3) is 5.91 Å². The van der Waals surface area contributed by atoms with Crippen molar-refractivity contribution in [1.29, 1.82) is 0 Å². The van der Waals surface area contributed by atoms with E-state index < -0.39 is 0 Å². The van der Waals surface area contributed by atoms with E-state index in [-0.39, 0.29) is 5.91 Å². The molecule has 4 aromatic rings. The summed E-state index contributed by atoms with van der Waals surface area (Å²) in [5.74, 6) is 1.37. The van der Waals surface area contributed by atoms with E-state index >= 15 is 0 Å². The van der Waals surface area contributed by atoms with Crippen molar-refractivity contribution in [3.63, 3.8) is 0 Å². The van der Waals surface area contributed by atoms with E-state index in [1.165, 1.54) is 0 Å². The van der Waals surface area contributed by atoms with Crippen molar-refractivity contribution >= 4 is 16.8 Å². The molecular formula is C19H18N4O3. The molecule has 0 aliphatic heterocycles. The number of H-pyrrole nitrogens is 1. The number of nitrogens with zero attached hydrogens (tertiary/aromatic N) is 2. The van der Waals surface area contributed by atoms with Gasteiger partial charge in [0.05, 0.1) is 31.7 Å². The van der Waals surface area contributed by atoms with Gasteiger partial charge in [0, 0.05) is 29.7 Å². The van der Waals surface area contributed by atoms with Gasteiger partial charge in [-0.3, -0.25) is 9.48 Å². The number of hydrogen-bond acceptors (Lipinski definition) is 4. The molecule has 0 atom stereocenters. The zero-order valence-electron chi connectivity index (χ0n) is 14.2.